The predicted octanol–water partition coefficient (Wildman–Crippen LogP) is 14.5. The van der Waals surface area contributed by atoms with E-state index in [0.717, 1.165) is 113 Å². The summed E-state index contributed by atoms with van der Waals surface area (Å²) >= 11 is 6.28. The number of nitrogens with zero attached hydrogens (tertiary/aromatic N) is 20. The molecule has 0 bridgehead atoms. The van der Waals surface area contributed by atoms with Gasteiger partial charge >= 0.3 is 0 Å². The maximum Gasteiger partial charge on any atom is 0.272 e. The third kappa shape index (κ3) is 20.5. The summed E-state index contributed by atoms with van der Waals surface area (Å²) in [5.74, 6) is -1.45. The van der Waals surface area contributed by atoms with Gasteiger partial charge in [0.05, 0.1) is 88.5 Å². The smallest absolute Gasteiger partial charge is 0.272 e. The van der Waals surface area contributed by atoms with Crippen LogP contribution in [0.3, 0.4) is 0 Å². The number of nitrogens with two attached hydrogens (primary N) is 6. The highest BCUT2D eigenvalue weighted by Crippen LogP contribution is 2.53. The molecule has 0 radical (unpaired) electrons. The minimum atomic E-state index is -1.29. The van der Waals surface area contributed by atoms with Gasteiger partial charge in [-0.25, -0.2) is 52.8 Å². The summed E-state index contributed by atoms with van der Waals surface area (Å²) in [4.78, 5) is 140. The third-order valence-corrected chi connectivity index (χ3v) is 30.8. The first kappa shape index (κ1) is 103. The number of fused-ring (bicyclic) bond motifs is 2. The highest BCUT2D eigenvalue weighted by molar-refractivity contribution is 9.10. The van der Waals surface area contributed by atoms with Gasteiger partial charge in [0.25, 0.3) is 17.7 Å². The number of likely N-dealkylation sites (N-methyl/N-ethyl adjacent to an activating group) is 3. The van der Waals surface area contributed by atoms with Crippen LogP contribution in [0.4, 0.5) is 13.2 Å². The number of aliphatic imine (C=N–C) groups is 6. The molecule has 1 saturated heterocycles. The normalized spacial score (nSPS) is 22.7. The van der Waals surface area contributed by atoms with Gasteiger partial charge in [-0.3, -0.25) is 72.9 Å². The number of pyridine rings is 1. The molecule has 12 N–H and O–H groups in total. The van der Waals surface area contributed by atoms with Crippen molar-refractivity contribution in [3.05, 3.63) is 300 Å². The molecule has 0 spiro atoms. The number of halogens is 4. The quantitative estimate of drug-likeness (QED) is 0.0624. The van der Waals surface area contributed by atoms with Gasteiger partial charge in [-0.2, -0.15) is 15.6 Å². The Morgan fingerprint density at radius 2 is 1.14 bits per heavy atom. The molecule has 13 aromatic rings. The maximum absolute atomic E-state index is 13.8. The van der Waals surface area contributed by atoms with E-state index in [-0.39, 0.29) is 118 Å². The summed E-state index contributed by atoms with van der Waals surface area (Å²) in [7, 11) is 9.69. The number of hydrogen-bond donors (Lipinski definition) is 6. The monoisotopic (exact) mass is 2080 g/mol. The van der Waals surface area contributed by atoms with E-state index in [2.05, 4.69) is 56.0 Å². The molecule has 3 unspecified atom stereocenters. The molecule has 147 heavy (non-hydrogen) atoms. The number of aromatic nitrogens is 5. The number of rotatable bonds is 13. The highest BCUT2D eigenvalue weighted by atomic mass is 79.9. The average Bonchev–Trinajstić information content (AvgIpc) is 1.57. The van der Waals surface area contributed by atoms with Gasteiger partial charge in [0.1, 0.15) is 51.9 Å². The van der Waals surface area contributed by atoms with Gasteiger partial charge < -0.3 is 43.7 Å². The summed E-state index contributed by atoms with van der Waals surface area (Å²) in [6, 6.07) is 57.2. The number of piperidine rings is 1. The second-order valence-corrected chi connectivity index (χ2v) is 40.5. The first-order valence-electron chi connectivity index (χ1n) is 46.8. The third-order valence-electron chi connectivity index (χ3n) is 27.9. The molecule has 6 aromatic heterocycles. The molecule has 7 aliphatic heterocycles. The molecular formula is C107H106BrF3N26O8S2. The molecule has 752 valence electrons. The number of furan rings is 1. The zero-order chi connectivity index (χ0) is 105. The molecule has 2 fully saturated rings. The average molecular weight is 2090 g/mol. The molecular weight excluding hydrogens is 1980 g/mol. The van der Waals surface area contributed by atoms with Crippen LogP contribution in [0.25, 0.3) is 61.2 Å². The number of amides is 7. The summed E-state index contributed by atoms with van der Waals surface area (Å²) in [6.07, 6.45) is 13.2. The van der Waals surface area contributed by atoms with Gasteiger partial charge in [0.15, 0.2) is 46.8 Å². The van der Waals surface area contributed by atoms with Crippen molar-refractivity contribution in [3.8, 4) is 51.3 Å². The largest absolute Gasteiger partial charge is 0.464 e. The lowest BCUT2D eigenvalue weighted by Crippen LogP contribution is -2.54. The van der Waals surface area contributed by atoms with Crippen molar-refractivity contribution >= 4 is 138 Å². The number of hydrogen-bond acceptors (Lipinski definition) is 28. The molecule has 21 rings (SSSR count). The molecule has 1 saturated carbocycles. The van der Waals surface area contributed by atoms with Gasteiger partial charge in [0.2, 0.25) is 23.6 Å². The van der Waals surface area contributed by atoms with E-state index in [1.807, 2.05) is 184 Å². The Kier molecular flexibility index (Phi) is 29.1. The standard InChI is InChI=1S/C26H21N5O2S.C20H17FN4O.C18H17FN4OS.C17H23N5O2.C15H17N5O.C11H11BrFN3O/c1-26(22-12-17(14-34-22)20-13-28-18-5-3-4-6-19(18)29-20)23(24(32)31(2)25(27)30-26)16-7-8-21-15(11-16)9-10-33-21;1-25-18(26)20(15-6-7-15,24-19(25)23)16-4-2-3-12(10-16)13-5-8-17(21)14(9-13)11-22;1-10-13(11-4-5-14(19)12(6-11)8-20)9-25-16(10)18(2)7-15(24)23(3)17(21)22-18;1-17(10-14(23)21(2)16(18)20-17)12-6-5-9-22(11-12)15(24)13-7-3-4-8-19-13;1-15(8-13(21)19(2)14(16)18-15)11-9-17-20(10-11)12-6-4-3-5-7-12;1-11(9(17)16(2)10(14)15-11)7-5-6(12)3-4-8(7)13/h3-14,23H,1-2H3,(H2,27,30);2-5,8-10,15H,6-7H2,1H3,(H2,23,24);4-6,9H,7H2,1-3H3,(H2,21,22);3-4,7-8,12H,5-6,9-11H2,1-2H3,(H2,18,20);3-7,9-10H,8H2,1-2H3,(H2,16,18);3-5H,1-2H3,(H2,14,15)/t23?,26-;20-;18-;12?,17-;15-;/m11000./s1. The molecule has 34 nitrogen and oxygen atoms in total. The Bertz CT molecular complexity index is 7700. The zero-order valence-corrected chi connectivity index (χ0v) is 85.7. The van der Waals surface area contributed by atoms with Crippen molar-refractivity contribution in [3.63, 3.8) is 0 Å². The molecule has 13 heterocycles. The van der Waals surface area contributed by atoms with Crippen LogP contribution in [0, 0.1) is 58.9 Å². The van der Waals surface area contributed by atoms with Crippen molar-refractivity contribution in [2.75, 3.05) is 55.4 Å². The van der Waals surface area contributed by atoms with Crippen LogP contribution in [0.5, 0.6) is 0 Å². The fourth-order valence-electron chi connectivity index (χ4n) is 18.9. The number of carbonyl (C=O) groups excluding carboxylic acids is 7. The summed E-state index contributed by atoms with van der Waals surface area (Å²) in [5.41, 5.74) is 42.7. The van der Waals surface area contributed by atoms with Crippen molar-refractivity contribution in [1.29, 1.82) is 10.5 Å². The van der Waals surface area contributed by atoms with Gasteiger partial charge in [-0.1, -0.05) is 88.7 Å². The predicted molar refractivity (Wildman–Crippen MR) is 560 cm³/mol. The number of benzene rings is 7. The van der Waals surface area contributed by atoms with Crippen LogP contribution in [0.15, 0.2) is 263 Å². The van der Waals surface area contributed by atoms with Crippen molar-refractivity contribution < 1.29 is 51.2 Å². The first-order chi connectivity index (χ1) is 69.9. The minimum Gasteiger partial charge on any atom is -0.464 e. The van der Waals surface area contributed by atoms with Crippen molar-refractivity contribution in [1.82, 2.24) is 59.0 Å². The van der Waals surface area contributed by atoms with Crippen LogP contribution < -0.4 is 34.4 Å². The van der Waals surface area contributed by atoms with Crippen LogP contribution in [0.2, 0.25) is 0 Å². The lowest BCUT2D eigenvalue weighted by Gasteiger charge is -2.43. The lowest BCUT2D eigenvalue weighted by atomic mass is 9.77. The van der Waals surface area contributed by atoms with Crippen molar-refractivity contribution in [2.24, 2.45) is 76.2 Å². The van der Waals surface area contributed by atoms with E-state index in [0.29, 0.717) is 35.2 Å². The molecule has 8 aliphatic rings. The lowest BCUT2D eigenvalue weighted by molar-refractivity contribution is -0.132. The molecule has 7 aromatic carbocycles. The van der Waals surface area contributed by atoms with E-state index >= 15 is 0 Å². The van der Waals surface area contributed by atoms with Crippen LogP contribution in [-0.4, -0.2) is 197 Å². The summed E-state index contributed by atoms with van der Waals surface area (Å²) < 4.78 is 48.9. The number of likely N-dealkylation sites (tertiary alicyclic amines) is 1. The number of thiophene rings is 2. The van der Waals surface area contributed by atoms with E-state index in [4.69, 9.17) is 59.3 Å². The molecule has 1 aliphatic carbocycles. The van der Waals surface area contributed by atoms with Crippen LogP contribution in [0.1, 0.15) is 145 Å². The number of para-hydroxylation sites is 3. The van der Waals surface area contributed by atoms with E-state index in [1.165, 1.54) is 78.1 Å². The van der Waals surface area contributed by atoms with E-state index < -0.39 is 56.6 Å². The fraction of sp³-hybridized carbons (Fsp3) is 0.280. The van der Waals surface area contributed by atoms with Gasteiger partial charge in [0, 0.05) is 115 Å². The van der Waals surface area contributed by atoms with Gasteiger partial charge in [-0.05, 0) is 227 Å². The first-order valence-corrected chi connectivity index (χ1v) is 49.4. The fourth-order valence-corrected chi connectivity index (χ4v) is 21.5. The second-order valence-electron chi connectivity index (χ2n) is 37.8. The molecule has 7 amide bonds. The summed E-state index contributed by atoms with van der Waals surface area (Å²) in [6.45, 7) is 12.5. The molecule has 40 heteroatoms. The second kappa shape index (κ2) is 41.3. The Balaban J connectivity index is 0.000000128. The van der Waals surface area contributed by atoms with E-state index in [1.54, 1.807) is 119 Å². The zero-order valence-electron chi connectivity index (χ0n) is 82.5. The molecule has 8 atom stereocenters. The number of nitriles is 2. The Hall–Kier alpha value is -16.5. The topological polar surface area (TPSA) is 490 Å². The Morgan fingerprint density at radius 3 is 1.78 bits per heavy atom. The van der Waals surface area contributed by atoms with Crippen LogP contribution >= 0.6 is 38.6 Å². The maximum atomic E-state index is 13.8. The van der Waals surface area contributed by atoms with Crippen molar-refractivity contribution in [2.45, 2.75) is 126 Å². The number of guanidine groups is 6. The highest BCUT2D eigenvalue weighted by Gasteiger charge is 2.58. The summed E-state index contributed by atoms with van der Waals surface area (Å²) in [5, 5.41) is 27.4. The Morgan fingerprint density at radius 1 is 0.531 bits per heavy atom. The Labute approximate surface area is 861 Å². The van der Waals surface area contributed by atoms with E-state index in [9.17, 15) is 46.7 Å². The number of carbonyl (C=O) groups is 7. The minimum absolute atomic E-state index is 0.00703. The van der Waals surface area contributed by atoms with Crippen LogP contribution in [-0.2, 0) is 56.5 Å². The SMILES string of the molecule is CN1C(=O)C(C)(c2cc(Br)ccc2F)N=C1N.CN1C(=O)C(c2ccc3occc3c2)[C@@](C)(c2cc(-c3cnc4ccccc4n3)cs2)N=C1N.CN1C(=O)C[C@@](C)(C2CCCN(C(=O)c3ccccn3)C2)N=C1N.CN1C(=O)C[C@@](C)(c2cnn(-c3ccccc3)c2)N=C1N.CN1C(=O)[C@](c2cccc(-c3ccc(F)c(C#N)c3)c2)(C2CC2)N=C1N.Cc1c(-c2ccc(F)c(C#N)c2)csc1[C@]1(C)CC(=O)N(C)C(N)=N1. The van der Waals surface area contributed by atoms with Gasteiger partial charge in [-0.15, -0.1) is 22.7 Å².